The molecule has 3 aromatic rings. The highest BCUT2D eigenvalue weighted by molar-refractivity contribution is 5.95. The first-order chi connectivity index (χ1) is 12.3. The van der Waals surface area contributed by atoms with E-state index in [2.05, 4.69) is 20.6 Å². The molecule has 1 heterocycles. The van der Waals surface area contributed by atoms with Crippen molar-refractivity contribution in [2.24, 2.45) is 5.41 Å². The van der Waals surface area contributed by atoms with E-state index in [0.717, 1.165) is 22.4 Å². The summed E-state index contributed by atoms with van der Waals surface area (Å²) in [6.45, 7) is 5.34. The van der Waals surface area contributed by atoms with Gasteiger partial charge in [0.2, 0.25) is 11.8 Å². The normalized spacial score (nSPS) is 11.3. The SMILES string of the molecule is CC(C)(C)C(=O)NCC(=O)Nc1cccc(-c2nc3ccccc3[nH]2)c1. The molecule has 0 unspecified atom stereocenters. The fourth-order valence-corrected chi connectivity index (χ4v) is 2.46. The third-order valence-electron chi connectivity index (χ3n) is 3.90. The molecule has 2 amide bonds. The van der Waals surface area contributed by atoms with E-state index in [4.69, 9.17) is 0 Å². The fraction of sp³-hybridized carbons (Fsp3) is 0.250. The van der Waals surface area contributed by atoms with Gasteiger partial charge < -0.3 is 15.6 Å². The van der Waals surface area contributed by atoms with Crippen LogP contribution in [-0.4, -0.2) is 28.3 Å². The highest BCUT2D eigenvalue weighted by Crippen LogP contribution is 2.23. The lowest BCUT2D eigenvalue weighted by molar-refractivity contribution is -0.130. The van der Waals surface area contributed by atoms with Crippen molar-refractivity contribution >= 4 is 28.5 Å². The summed E-state index contributed by atoms with van der Waals surface area (Å²) in [7, 11) is 0. The van der Waals surface area contributed by atoms with E-state index in [1.54, 1.807) is 26.8 Å². The quantitative estimate of drug-likeness (QED) is 0.674. The van der Waals surface area contributed by atoms with E-state index in [9.17, 15) is 9.59 Å². The van der Waals surface area contributed by atoms with Crippen LogP contribution in [0.2, 0.25) is 0 Å². The number of anilines is 1. The van der Waals surface area contributed by atoms with E-state index >= 15 is 0 Å². The third kappa shape index (κ3) is 4.08. The number of hydrogen-bond acceptors (Lipinski definition) is 3. The fourth-order valence-electron chi connectivity index (χ4n) is 2.46. The van der Waals surface area contributed by atoms with Crippen LogP contribution in [0.1, 0.15) is 20.8 Å². The van der Waals surface area contributed by atoms with Crippen molar-refractivity contribution in [1.29, 1.82) is 0 Å². The van der Waals surface area contributed by atoms with E-state index in [1.807, 2.05) is 42.5 Å². The number of fused-ring (bicyclic) bond motifs is 1. The first kappa shape index (κ1) is 17.7. The second-order valence-corrected chi connectivity index (χ2v) is 7.16. The number of para-hydroxylation sites is 2. The molecule has 0 aliphatic heterocycles. The molecule has 0 saturated carbocycles. The van der Waals surface area contributed by atoms with Crippen LogP contribution in [0.15, 0.2) is 48.5 Å². The summed E-state index contributed by atoms with van der Waals surface area (Å²) in [5.74, 6) is 0.302. The Morgan fingerprint density at radius 1 is 1.08 bits per heavy atom. The van der Waals surface area contributed by atoms with Gasteiger partial charge in [0, 0.05) is 16.7 Å². The lowest BCUT2D eigenvalue weighted by Crippen LogP contribution is -2.39. The number of hydrogen-bond donors (Lipinski definition) is 3. The summed E-state index contributed by atoms with van der Waals surface area (Å²) >= 11 is 0. The number of aromatic amines is 1. The van der Waals surface area contributed by atoms with Crippen molar-refractivity contribution in [2.45, 2.75) is 20.8 Å². The first-order valence-corrected chi connectivity index (χ1v) is 8.46. The predicted octanol–water partition coefficient (Wildman–Crippen LogP) is 3.33. The van der Waals surface area contributed by atoms with Crippen LogP contribution in [0, 0.1) is 5.41 Å². The molecule has 3 N–H and O–H groups in total. The van der Waals surface area contributed by atoms with Crippen molar-refractivity contribution in [2.75, 3.05) is 11.9 Å². The number of nitrogens with zero attached hydrogens (tertiary/aromatic N) is 1. The maximum absolute atomic E-state index is 12.1. The van der Waals surface area contributed by atoms with Crippen LogP contribution in [0.3, 0.4) is 0 Å². The molecule has 0 bridgehead atoms. The first-order valence-electron chi connectivity index (χ1n) is 8.46. The predicted molar refractivity (Wildman–Crippen MR) is 103 cm³/mol. The summed E-state index contributed by atoms with van der Waals surface area (Å²) < 4.78 is 0. The minimum Gasteiger partial charge on any atom is -0.347 e. The monoisotopic (exact) mass is 350 g/mol. The Hall–Kier alpha value is -3.15. The molecular weight excluding hydrogens is 328 g/mol. The molecule has 0 aliphatic rings. The van der Waals surface area contributed by atoms with Crippen molar-refractivity contribution in [3.8, 4) is 11.4 Å². The minimum absolute atomic E-state index is 0.0645. The molecule has 0 saturated heterocycles. The molecule has 0 spiro atoms. The largest absolute Gasteiger partial charge is 0.347 e. The molecule has 0 atom stereocenters. The van der Waals surface area contributed by atoms with Crippen molar-refractivity contribution in [1.82, 2.24) is 15.3 Å². The summed E-state index contributed by atoms with van der Waals surface area (Å²) in [5.41, 5.74) is 2.85. The van der Waals surface area contributed by atoms with Crippen LogP contribution in [-0.2, 0) is 9.59 Å². The molecule has 0 aliphatic carbocycles. The Bertz CT molecular complexity index is 921. The zero-order valence-electron chi connectivity index (χ0n) is 15.1. The second-order valence-electron chi connectivity index (χ2n) is 7.16. The molecule has 0 radical (unpaired) electrons. The van der Waals surface area contributed by atoms with Gasteiger partial charge in [0.25, 0.3) is 0 Å². The zero-order chi connectivity index (χ0) is 18.7. The van der Waals surface area contributed by atoms with E-state index in [1.165, 1.54) is 0 Å². The van der Waals surface area contributed by atoms with Crippen LogP contribution in [0.4, 0.5) is 5.69 Å². The Balaban J connectivity index is 1.69. The standard InChI is InChI=1S/C20H22N4O2/c1-20(2,3)19(26)21-12-17(25)22-14-8-6-7-13(11-14)18-23-15-9-4-5-10-16(15)24-18/h4-11H,12H2,1-3H3,(H,21,26)(H,22,25)(H,23,24). The molecular formula is C20H22N4O2. The van der Waals surface area contributed by atoms with Gasteiger partial charge >= 0.3 is 0 Å². The number of carbonyl (C=O) groups excluding carboxylic acids is 2. The van der Waals surface area contributed by atoms with Crippen molar-refractivity contribution in [3.63, 3.8) is 0 Å². The molecule has 134 valence electrons. The van der Waals surface area contributed by atoms with E-state index in [0.29, 0.717) is 5.69 Å². The van der Waals surface area contributed by atoms with Crippen LogP contribution >= 0.6 is 0 Å². The Labute approximate surface area is 152 Å². The van der Waals surface area contributed by atoms with Gasteiger partial charge in [-0.3, -0.25) is 9.59 Å². The van der Waals surface area contributed by atoms with Gasteiger partial charge in [-0.05, 0) is 24.3 Å². The van der Waals surface area contributed by atoms with E-state index in [-0.39, 0.29) is 18.4 Å². The van der Waals surface area contributed by atoms with Gasteiger partial charge in [-0.2, -0.15) is 0 Å². The second kappa shape index (κ2) is 7.00. The maximum atomic E-state index is 12.1. The highest BCUT2D eigenvalue weighted by Gasteiger charge is 2.21. The van der Waals surface area contributed by atoms with Crippen LogP contribution < -0.4 is 10.6 Å². The summed E-state index contributed by atoms with van der Waals surface area (Å²) in [5, 5.41) is 5.43. The van der Waals surface area contributed by atoms with Crippen LogP contribution in [0.25, 0.3) is 22.4 Å². The van der Waals surface area contributed by atoms with Gasteiger partial charge in [-0.1, -0.05) is 45.0 Å². The summed E-state index contributed by atoms with van der Waals surface area (Å²) in [6, 6.07) is 15.2. The van der Waals surface area contributed by atoms with Gasteiger partial charge in [0.1, 0.15) is 5.82 Å². The van der Waals surface area contributed by atoms with Gasteiger partial charge in [0.05, 0.1) is 17.6 Å². The number of amides is 2. The number of benzene rings is 2. The van der Waals surface area contributed by atoms with E-state index < -0.39 is 5.41 Å². The minimum atomic E-state index is -0.526. The Morgan fingerprint density at radius 3 is 2.58 bits per heavy atom. The lowest BCUT2D eigenvalue weighted by atomic mass is 9.96. The molecule has 6 nitrogen and oxygen atoms in total. The number of nitrogens with one attached hydrogen (secondary N) is 3. The molecule has 1 aromatic heterocycles. The maximum Gasteiger partial charge on any atom is 0.243 e. The Kier molecular flexibility index (Phi) is 4.75. The topological polar surface area (TPSA) is 86.9 Å². The molecule has 0 fully saturated rings. The molecule has 26 heavy (non-hydrogen) atoms. The van der Waals surface area contributed by atoms with Crippen molar-refractivity contribution in [3.05, 3.63) is 48.5 Å². The van der Waals surface area contributed by atoms with Crippen molar-refractivity contribution < 1.29 is 9.59 Å². The van der Waals surface area contributed by atoms with Gasteiger partial charge in [-0.25, -0.2) is 4.98 Å². The summed E-state index contributed by atoms with van der Waals surface area (Å²) in [4.78, 5) is 31.8. The highest BCUT2D eigenvalue weighted by atomic mass is 16.2. The van der Waals surface area contributed by atoms with Crippen LogP contribution in [0.5, 0.6) is 0 Å². The number of H-pyrrole nitrogens is 1. The van der Waals surface area contributed by atoms with Gasteiger partial charge in [0.15, 0.2) is 0 Å². The summed E-state index contributed by atoms with van der Waals surface area (Å²) in [6.07, 6.45) is 0. The lowest BCUT2D eigenvalue weighted by Gasteiger charge is -2.17. The Morgan fingerprint density at radius 2 is 1.85 bits per heavy atom. The smallest absolute Gasteiger partial charge is 0.243 e. The number of imidazole rings is 1. The average molecular weight is 350 g/mol. The molecule has 2 aromatic carbocycles. The number of carbonyl (C=O) groups is 2. The van der Waals surface area contributed by atoms with Gasteiger partial charge in [-0.15, -0.1) is 0 Å². The zero-order valence-corrected chi connectivity index (χ0v) is 15.1. The average Bonchev–Trinajstić information content (AvgIpc) is 3.03. The number of rotatable bonds is 4. The molecule has 3 rings (SSSR count). The third-order valence-corrected chi connectivity index (χ3v) is 3.90. The molecule has 6 heteroatoms. The number of aromatic nitrogens is 2.